The first-order valence-electron chi connectivity index (χ1n) is 10.4. The van der Waals surface area contributed by atoms with Crippen molar-refractivity contribution in [3.8, 4) is 5.75 Å². The summed E-state index contributed by atoms with van der Waals surface area (Å²) in [4.78, 5) is 21.3. The lowest BCUT2D eigenvalue weighted by Crippen LogP contribution is -2.22. The lowest BCUT2D eigenvalue weighted by atomic mass is 10.1. The summed E-state index contributed by atoms with van der Waals surface area (Å²) in [5.74, 6) is 1.05. The average Bonchev–Trinajstić information content (AvgIpc) is 3.33. The van der Waals surface area contributed by atoms with Gasteiger partial charge in [-0.25, -0.2) is 14.4 Å². The molecule has 1 amide bonds. The monoisotopic (exact) mass is 524 g/mol. The molecule has 8 nitrogen and oxygen atoms in total. The van der Waals surface area contributed by atoms with Gasteiger partial charge in [-0.3, -0.25) is 4.79 Å². The van der Waals surface area contributed by atoms with Crippen LogP contribution < -0.4 is 15.4 Å². The van der Waals surface area contributed by atoms with E-state index < -0.39 is 18.5 Å². The number of nitrogens with one attached hydrogen (secondary N) is 2. The molecule has 4 rings (SSSR count). The number of carbonyl (C=O) groups excluding carboxylic acids is 1. The van der Waals surface area contributed by atoms with E-state index in [9.17, 15) is 14.3 Å². The molecular formula is C22H22ClFN4O4S2. The highest BCUT2D eigenvalue weighted by atomic mass is 35.5. The summed E-state index contributed by atoms with van der Waals surface area (Å²) in [6.45, 7) is -0.618. The molecule has 34 heavy (non-hydrogen) atoms. The van der Waals surface area contributed by atoms with Gasteiger partial charge in [0.2, 0.25) is 5.91 Å². The van der Waals surface area contributed by atoms with E-state index in [4.69, 9.17) is 21.4 Å². The van der Waals surface area contributed by atoms with Gasteiger partial charge in [-0.05, 0) is 30.7 Å². The van der Waals surface area contributed by atoms with E-state index in [1.54, 1.807) is 33.7 Å². The van der Waals surface area contributed by atoms with Crippen molar-refractivity contribution in [1.82, 2.24) is 9.97 Å². The van der Waals surface area contributed by atoms with Crippen LogP contribution in [0.4, 0.5) is 21.6 Å². The fraction of sp³-hybridized carbons (Fsp3) is 0.318. The molecule has 180 valence electrons. The second-order valence-electron chi connectivity index (χ2n) is 7.57. The van der Waals surface area contributed by atoms with Gasteiger partial charge in [-0.1, -0.05) is 33.2 Å². The van der Waals surface area contributed by atoms with Crippen LogP contribution in [0.3, 0.4) is 0 Å². The minimum absolute atomic E-state index is 0.0302. The molecule has 3 aromatic rings. The van der Waals surface area contributed by atoms with E-state index >= 15 is 0 Å². The van der Waals surface area contributed by atoms with Crippen LogP contribution in [0.1, 0.15) is 12.8 Å². The Balaban J connectivity index is 1.65. The van der Waals surface area contributed by atoms with Crippen LogP contribution in [-0.4, -0.2) is 56.4 Å². The second-order valence-corrected chi connectivity index (χ2v) is 10.8. The molecule has 1 aliphatic heterocycles. The second kappa shape index (κ2) is 11.4. The fourth-order valence-electron chi connectivity index (χ4n) is 3.27. The third-order valence-corrected chi connectivity index (χ3v) is 8.20. The van der Waals surface area contributed by atoms with E-state index in [0.29, 0.717) is 40.3 Å². The Kier molecular flexibility index (Phi) is 8.32. The molecule has 1 saturated heterocycles. The number of carbonyl (C=O) groups is 1. The lowest BCUT2D eigenvalue weighted by molar-refractivity contribution is -0.116. The summed E-state index contributed by atoms with van der Waals surface area (Å²) in [5.41, 5.74) is 1.42. The van der Waals surface area contributed by atoms with Crippen LogP contribution in [-0.2, 0) is 4.79 Å². The molecule has 0 spiro atoms. The Labute approximate surface area is 208 Å². The number of aliphatic hydroxyl groups is 2. The Hall–Kier alpha value is -2.31. The lowest BCUT2D eigenvalue weighted by Gasteiger charge is -2.17. The van der Waals surface area contributed by atoms with Crippen molar-refractivity contribution >= 4 is 67.2 Å². The van der Waals surface area contributed by atoms with Crippen LogP contribution in [0.15, 0.2) is 36.7 Å². The summed E-state index contributed by atoms with van der Waals surface area (Å²) in [5, 5.41) is 25.6. The molecule has 4 N–H and O–H groups in total. The average molecular weight is 525 g/mol. The number of halogens is 2. The van der Waals surface area contributed by atoms with Crippen LogP contribution in [0.5, 0.6) is 5.75 Å². The molecule has 0 aliphatic carbocycles. The fourth-order valence-corrected chi connectivity index (χ4v) is 6.35. The first-order valence-corrected chi connectivity index (χ1v) is 13.2. The van der Waals surface area contributed by atoms with E-state index in [1.807, 2.05) is 0 Å². The zero-order valence-electron chi connectivity index (χ0n) is 17.8. The number of amides is 1. The number of fused-ring (bicyclic) bond motifs is 1. The molecule has 2 atom stereocenters. The number of anilines is 3. The smallest absolute Gasteiger partial charge is 0.225 e. The van der Waals surface area contributed by atoms with Crippen LogP contribution in [0, 0.1) is 5.82 Å². The number of nitrogens with zero attached hydrogens (tertiary/aromatic N) is 2. The first-order chi connectivity index (χ1) is 16.4. The van der Waals surface area contributed by atoms with Gasteiger partial charge in [-0.2, -0.15) is 0 Å². The zero-order chi connectivity index (χ0) is 24.1. The van der Waals surface area contributed by atoms with Crippen molar-refractivity contribution in [3.05, 3.63) is 47.5 Å². The first kappa shape index (κ1) is 24.8. The molecule has 2 heterocycles. The molecule has 1 aliphatic rings. The SMILES string of the molecule is O=C(CC1CCSS1)Nc1cc2c(Nc3ccc(F)c(Cl)c3)ncnc2cc1OCC(O)CO. The highest BCUT2D eigenvalue weighted by molar-refractivity contribution is 8.77. The third kappa shape index (κ3) is 6.22. The summed E-state index contributed by atoms with van der Waals surface area (Å²) >= 11 is 5.89. The highest BCUT2D eigenvalue weighted by Gasteiger charge is 2.21. The van der Waals surface area contributed by atoms with E-state index in [0.717, 1.165) is 12.2 Å². The number of aliphatic hydroxyl groups excluding tert-OH is 2. The Morgan fingerprint density at radius 3 is 2.91 bits per heavy atom. The Bertz CT molecular complexity index is 1180. The zero-order valence-corrected chi connectivity index (χ0v) is 20.2. The van der Waals surface area contributed by atoms with Gasteiger partial charge in [0.15, 0.2) is 0 Å². The maximum absolute atomic E-state index is 13.5. The molecule has 12 heteroatoms. The quantitative estimate of drug-likeness (QED) is 0.302. The van der Waals surface area contributed by atoms with Crippen molar-refractivity contribution in [2.75, 3.05) is 29.6 Å². The predicted molar refractivity (Wildman–Crippen MR) is 135 cm³/mol. The van der Waals surface area contributed by atoms with Gasteiger partial charge < -0.3 is 25.6 Å². The number of rotatable bonds is 9. The minimum atomic E-state index is -1.07. The number of aromatic nitrogens is 2. The van der Waals surface area contributed by atoms with Gasteiger partial charge in [0.1, 0.15) is 36.4 Å². The summed E-state index contributed by atoms with van der Waals surface area (Å²) in [7, 11) is 3.46. The Morgan fingerprint density at radius 2 is 2.18 bits per heavy atom. The number of hydrogen-bond acceptors (Lipinski definition) is 9. The molecular weight excluding hydrogens is 503 g/mol. The van der Waals surface area contributed by atoms with Crippen molar-refractivity contribution in [2.24, 2.45) is 0 Å². The maximum atomic E-state index is 13.5. The van der Waals surface area contributed by atoms with Gasteiger partial charge >= 0.3 is 0 Å². The Morgan fingerprint density at radius 1 is 1.32 bits per heavy atom. The number of hydrogen-bond donors (Lipinski definition) is 4. The molecule has 0 radical (unpaired) electrons. The molecule has 2 unspecified atom stereocenters. The normalized spacial score (nSPS) is 16.4. The van der Waals surface area contributed by atoms with Crippen molar-refractivity contribution in [2.45, 2.75) is 24.2 Å². The summed E-state index contributed by atoms with van der Waals surface area (Å²) in [6, 6.07) is 7.52. The van der Waals surface area contributed by atoms with Gasteiger partial charge in [0.05, 0.1) is 22.8 Å². The van der Waals surface area contributed by atoms with Crippen molar-refractivity contribution in [3.63, 3.8) is 0 Å². The third-order valence-electron chi connectivity index (χ3n) is 4.98. The highest BCUT2D eigenvalue weighted by Crippen LogP contribution is 2.40. The maximum Gasteiger partial charge on any atom is 0.225 e. The van der Waals surface area contributed by atoms with E-state index in [2.05, 4.69) is 20.6 Å². The molecule has 1 aromatic heterocycles. The minimum Gasteiger partial charge on any atom is -0.489 e. The molecule has 2 aromatic carbocycles. The number of benzene rings is 2. The summed E-state index contributed by atoms with van der Waals surface area (Å²) < 4.78 is 19.2. The van der Waals surface area contributed by atoms with Crippen LogP contribution in [0.2, 0.25) is 5.02 Å². The van der Waals surface area contributed by atoms with Crippen molar-refractivity contribution in [1.29, 1.82) is 0 Å². The van der Waals surface area contributed by atoms with Crippen molar-refractivity contribution < 1.29 is 24.1 Å². The van der Waals surface area contributed by atoms with Crippen LogP contribution >= 0.6 is 33.2 Å². The molecule has 0 saturated carbocycles. The van der Waals surface area contributed by atoms with Gasteiger partial charge in [0.25, 0.3) is 0 Å². The largest absolute Gasteiger partial charge is 0.489 e. The van der Waals surface area contributed by atoms with Gasteiger partial charge in [0, 0.05) is 34.6 Å². The number of ether oxygens (including phenoxy) is 1. The van der Waals surface area contributed by atoms with Crippen LogP contribution in [0.25, 0.3) is 10.9 Å². The topological polar surface area (TPSA) is 117 Å². The van der Waals surface area contributed by atoms with E-state index in [-0.39, 0.29) is 22.8 Å². The standard InChI is InChI=1S/C22H22ClFN4O4S2/c23-16-5-12(1-2-17(16)24)27-22-15-7-19(28-21(31)6-14-3-4-33-34-14)20(32-10-13(30)9-29)8-18(15)25-11-26-22/h1-2,5,7-8,11,13-14,29-30H,3-4,6,9-10H2,(H,28,31)(H,25,26,27). The molecule has 1 fully saturated rings. The summed E-state index contributed by atoms with van der Waals surface area (Å²) in [6.07, 6.45) is 1.61. The van der Waals surface area contributed by atoms with E-state index in [1.165, 1.54) is 24.5 Å². The van der Waals surface area contributed by atoms with Gasteiger partial charge in [-0.15, -0.1) is 0 Å². The predicted octanol–water partition coefficient (Wildman–Crippen LogP) is 4.38. The molecule has 0 bridgehead atoms.